The molecule has 0 fully saturated rings. The topological polar surface area (TPSA) is 104 Å². The lowest BCUT2D eigenvalue weighted by atomic mass is 10.1. The molecule has 2 atom stereocenters. The number of carboxylic acids is 2. The molecule has 1 aromatic carbocycles. The van der Waals surface area contributed by atoms with Gasteiger partial charge in [0.2, 0.25) is 0 Å². The van der Waals surface area contributed by atoms with Crippen LogP contribution in [0.3, 0.4) is 0 Å². The maximum absolute atomic E-state index is 11.6. The van der Waals surface area contributed by atoms with Gasteiger partial charge in [0, 0.05) is 6.54 Å². The maximum Gasteiger partial charge on any atom is 0.326 e. The lowest BCUT2D eigenvalue weighted by molar-refractivity contribution is -0.142. The van der Waals surface area contributed by atoms with Gasteiger partial charge in [0.25, 0.3) is 0 Å². The van der Waals surface area contributed by atoms with Gasteiger partial charge in [0.15, 0.2) is 0 Å². The number of aromatic nitrogens is 2. The molecule has 122 valence electrons. The van der Waals surface area contributed by atoms with Gasteiger partial charge in [0.1, 0.15) is 12.1 Å². The molecule has 2 unspecified atom stereocenters. The highest BCUT2D eigenvalue weighted by atomic mass is 16.4. The number of imidazole rings is 1. The summed E-state index contributed by atoms with van der Waals surface area (Å²) in [5.41, 5.74) is 1.42. The van der Waals surface area contributed by atoms with Crippen molar-refractivity contribution in [2.75, 3.05) is 0 Å². The fourth-order valence-corrected chi connectivity index (χ4v) is 2.33. The fourth-order valence-electron chi connectivity index (χ4n) is 2.33. The van der Waals surface area contributed by atoms with Crippen molar-refractivity contribution in [1.29, 1.82) is 0 Å². The third kappa shape index (κ3) is 4.17. The second-order valence-electron chi connectivity index (χ2n) is 5.17. The molecule has 3 N–H and O–H groups in total. The minimum absolute atomic E-state index is 0.284. The summed E-state index contributed by atoms with van der Waals surface area (Å²) in [6, 6.07) is 7.49. The van der Waals surface area contributed by atoms with Gasteiger partial charge in [-0.15, -0.1) is 0 Å². The van der Waals surface area contributed by atoms with Crippen LogP contribution in [0.25, 0.3) is 0 Å². The van der Waals surface area contributed by atoms with Crippen LogP contribution >= 0.6 is 0 Å². The Morgan fingerprint density at radius 3 is 2.48 bits per heavy atom. The zero-order chi connectivity index (χ0) is 16.8. The van der Waals surface area contributed by atoms with Gasteiger partial charge < -0.3 is 14.8 Å². The van der Waals surface area contributed by atoms with Crippen molar-refractivity contribution < 1.29 is 19.8 Å². The van der Waals surface area contributed by atoms with Crippen LogP contribution in [-0.4, -0.2) is 37.7 Å². The highest BCUT2D eigenvalue weighted by Crippen LogP contribution is 2.16. The highest BCUT2D eigenvalue weighted by Gasteiger charge is 2.28. The predicted molar refractivity (Wildman–Crippen MR) is 83.0 cm³/mol. The monoisotopic (exact) mass is 317 g/mol. The quantitative estimate of drug-likeness (QED) is 0.682. The highest BCUT2D eigenvalue weighted by molar-refractivity contribution is 5.78. The first kappa shape index (κ1) is 16.7. The number of aliphatic carboxylic acids is 2. The van der Waals surface area contributed by atoms with Crippen LogP contribution in [0.1, 0.15) is 30.6 Å². The Morgan fingerprint density at radius 1 is 1.22 bits per heavy atom. The average Bonchev–Trinajstić information content (AvgIpc) is 2.96. The summed E-state index contributed by atoms with van der Waals surface area (Å²) in [5.74, 6) is -2.22. The Bertz CT molecular complexity index is 669. The smallest absolute Gasteiger partial charge is 0.326 e. The van der Waals surface area contributed by atoms with Crippen LogP contribution in [0, 0.1) is 0 Å². The molecule has 23 heavy (non-hydrogen) atoms. The van der Waals surface area contributed by atoms with E-state index >= 15 is 0 Å². The van der Waals surface area contributed by atoms with E-state index in [1.54, 1.807) is 17.8 Å². The summed E-state index contributed by atoms with van der Waals surface area (Å²) in [6.45, 7) is 2.15. The first-order valence-corrected chi connectivity index (χ1v) is 7.28. The largest absolute Gasteiger partial charge is 0.480 e. The molecule has 2 aromatic rings. The molecule has 7 heteroatoms. The molecule has 0 aliphatic heterocycles. The van der Waals surface area contributed by atoms with Crippen LogP contribution in [0.4, 0.5) is 0 Å². The molecule has 0 radical (unpaired) electrons. The SMILES string of the molecule is CCC(NC(C(=O)O)c1cncn1Cc1ccccc1)C(=O)O. The number of nitrogens with zero attached hydrogens (tertiary/aromatic N) is 2. The molecule has 0 bridgehead atoms. The Morgan fingerprint density at radius 2 is 1.91 bits per heavy atom. The molecular formula is C16H19N3O4. The lowest BCUT2D eigenvalue weighted by Crippen LogP contribution is -2.42. The van der Waals surface area contributed by atoms with Crippen molar-refractivity contribution in [3.05, 3.63) is 54.1 Å². The molecular weight excluding hydrogens is 298 g/mol. The Hall–Kier alpha value is -2.67. The van der Waals surface area contributed by atoms with Crippen LogP contribution < -0.4 is 5.32 Å². The van der Waals surface area contributed by atoms with Crippen molar-refractivity contribution >= 4 is 11.9 Å². The number of rotatable bonds is 8. The minimum Gasteiger partial charge on any atom is -0.480 e. The number of carboxylic acid groups (broad SMARTS) is 2. The van der Waals surface area contributed by atoms with E-state index in [0.29, 0.717) is 12.2 Å². The zero-order valence-electron chi connectivity index (χ0n) is 12.7. The van der Waals surface area contributed by atoms with Crippen LogP contribution in [0.2, 0.25) is 0 Å². The average molecular weight is 317 g/mol. The van der Waals surface area contributed by atoms with Crippen LogP contribution in [0.15, 0.2) is 42.9 Å². The van der Waals surface area contributed by atoms with E-state index in [0.717, 1.165) is 5.56 Å². The summed E-state index contributed by atoms with van der Waals surface area (Å²) in [4.78, 5) is 26.7. The second-order valence-corrected chi connectivity index (χ2v) is 5.17. The fraction of sp³-hybridized carbons (Fsp3) is 0.312. The van der Waals surface area contributed by atoms with Crippen LogP contribution in [-0.2, 0) is 16.1 Å². The Labute approximate surface area is 133 Å². The molecule has 0 saturated heterocycles. The van der Waals surface area contributed by atoms with Gasteiger partial charge in [-0.1, -0.05) is 37.3 Å². The summed E-state index contributed by atoms with van der Waals surface area (Å²) < 4.78 is 1.70. The van der Waals surface area contributed by atoms with Gasteiger partial charge in [-0.2, -0.15) is 0 Å². The summed E-state index contributed by atoms with van der Waals surface area (Å²) in [7, 11) is 0. The van der Waals surface area contributed by atoms with Gasteiger partial charge in [-0.3, -0.25) is 14.9 Å². The lowest BCUT2D eigenvalue weighted by Gasteiger charge is -2.20. The van der Waals surface area contributed by atoms with Crippen molar-refractivity contribution in [1.82, 2.24) is 14.9 Å². The predicted octanol–water partition coefficient (Wildman–Crippen LogP) is 1.51. The molecule has 0 aliphatic rings. The molecule has 7 nitrogen and oxygen atoms in total. The van der Waals surface area contributed by atoms with Gasteiger partial charge in [0.05, 0.1) is 18.2 Å². The summed E-state index contributed by atoms with van der Waals surface area (Å²) in [6.07, 6.45) is 3.27. The molecule has 0 amide bonds. The molecule has 0 saturated carbocycles. The van der Waals surface area contributed by atoms with E-state index in [-0.39, 0.29) is 6.42 Å². The van der Waals surface area contributed by atoms with E-state index in [1.807, 2.05) is 30.3 Å². The normalized spacial score (nSPS) is 13.4. The molecule has 1 aromatic heterocycles. The van der Waals surface area contributed by atoms with E-state index in [9.17, 15) is 14.7 Å². The van der Waals surface area contributed by atoms with E-state index in [4.69, 9.17) is 5.11 Å². The zero-order valence-corrected chi connectivity index (χ0v) is 12.7. The number of hydrogen-bond acceptors (Lipinski definition) is 4. The standard InChI is InChI=1S/C16H19N3O4/c1-2-12(15(20)21)18-14(16(22)23)13-8-17-10-19(13)9-11-6-4-3-5-7-11/h3-8,10,12,14,18H,2,9H2,1H3,(H,20,21)(H,22,23). The van der Waals surface area contributed by atoms with Crippen molar-refractivity contribution in [2.24, 2.45) is 0 Å². The number of hydrogen-bond donors (Lipinski definition) is 3. The minimum atomic E-state index is -1.14. The Kier molecular flexibility index (Phi) is 5.48. The Balaban J connectivity index is 2.25. The number of benzene rings is 1. The second kappa shape index (κ2) is 7.55. The van der Waals surface area contributed by atoms with Gasteiger partial charge in [-0.25, -0.2) is 4.98 Å². The summed E-state index contributed by atoms with van der Waals surface area (Å²) >= 11 is 0. The molecule has 0 aliphatic carbocycles. The third-order valence-corrected chi connectivity index (χ3v) is 3.56. The van der Waals surface area contributed by atoms with E-state index in [2.05, 4.69) is 10.3 Å². The van der Waals surface area contributed by atoms with Crippen molar-refractivity contribution in [3.8, 4) is 0 Å². The van der Waals surface area contributed by atoms with Gasteiger partial charge in [-0.05, 0) is 12.0 Å². The summed E-state index contributed by atoms with van der Waals surface area (Å²) in [5, 5.41) is 21.3. The molecule has 0 spiro atoms. The molecule has 2 rings (SSSR count). The first-order chi connectivity index (χ1) is 11.0. The van der Waals surface area contributed by atoms with Crippen molar-refractivity contribution in [3.63, 3.8) is 0 Å². The number of carbonyl (C=O) groups is 2. The van der Waals surface area contributed by atoms with E-state index in [1.165, 1.54) is 6.20 Å². The third-order valence-electron chi connectivity index (χ3n) is 3.56. The van der Waals surface area contributed by atoms with Crippen LogP contribution in [0.5, 0.6) is 0 Å². The molecule has 1 heterocycles. The van der Waals surface area contributed by atoms with E-state index < -0.39 is 24.0 Å². The maximum atomic E-state index is 11.6. The van der Waals surface area contributed by atoms with Crippen molar-refractivity contribution in [2.45, 2.75) is 32.0 Å². The number of nitrogens with one attached hydrogen (secondary N) is 1. The first-order valence-electron chi connectivity index (χ1n) is 7.28. The van der Waals surface area contributed by atoms with Gasteiger partial charge >= 0.3 is 11.9 Å².